The minimum Gasteiger partial charge on any atom is -0.316 e. The van der Waals surface area contributed by atoms with E-state index in [1.54, 1.807) is 0 Å². The van der Waals surface area contributed by atoms with Crippen LogP contribution in [-0.4, -0.2) is 37.6 Å². The van der Waals surface area contributed by atoms with Gasteiger partial charge in [0.15, 0.2) is 0 Å². The molecule has 0 aromatic carbocycles. The molecule has 0 aromatic heterocycles. The second-order valence-electron chi connectivity index (χ2n) is 6.21. The summed E-state index contributed by atoms with van der Waals surface area (Å²) in [7, 11) is 0. The van der Waals surface area contributed by atoms with Crippen LogP contribution in [0.25, 0.3) is 0 Å². The average molecular weight is 271 g/mol. The Morgan fingerprint density at radius 1 is 0.789 bits per heavy atom. The zero-order valence-corrected chi connectivity index (χ0v) is 14.0. The maximum atomic E-state index is 3.53. The molecule has 0 aliphatic carbocycles. The molecule has 2 heteroatoms. The van der Waals surface area contributed by atoms with Crippen LogP contribution in [-0.2, 0) is 0 Å². The van der Waals surface area contributed by atoms with Crippen LogP contribution in [0.4, 0.5) is 0 Å². The Bertz CT molecular complexity index is 161. The highest BCUT2D eigenvalue weighted by Gasteiger charge is 2.03. The minimum atomic E-state index is 0.776. The Morgan fingerprint density at radius 2 is 1.37 bits per heavy atom. The van der Waals surface area contributed by atoms with Crippen LogP contribution < -0.4 is 5.32 Å². The predicted octanol–water partition coefficient (Wildman–Crippen LogP) is 4.30. The first-order chi connectivity index (χ1) is 9.20. The van der Waals surface area contributed by atoms with E-state index >= 15 is 0 Å². The van der Waals surface area contributed by atoms with Gasteiger partial charge in [-0.2, -0.15) is 0 Å². The summed E-state index contributed by atoms with van der Waals surface area (Å²) in [6.45, 7) is 15.4. The van der Waals surface area contributed by atoms with Crippen LogP contribution in [0.3, 0.4) is 0 Å². The van der Waals surface area contributed by atoms with Crippen LogP contribution in [0.5, 0.6) is 0 Å². The highest BCUT2D eigenvalue weighted by molar-refractivity contribution is 4.59. The lowest BCUT2D eigenvalue weighted by Crippen LogP contribution is -2.27. The van der Waals surface area contributed by atoms with E-state index in [2.05, 4.69) is 37.9 Å². The lowest BCUT2D eigenvalue weighted by molar-refractivity contribution is 0.259. The van der Waals surface area contributed by atoms with Crippen LogP contribution >= 0.6 is 0 Å². The van der Waals surface area contributed by atoms with Crippen LogP contribution in [0.15, 0.2) is 0 Å². The fourth-order valence-corrected chi connectivity index (χ4v) is 2.25. The molecule has 0 unspecified atom stereocenters. The molecule has 0 heterocycles. The molecule has 19 heavy (non-hydrogen) atoms. The monoisotopic (exact) mass is 270 g/mol. The van der Waals surface area contributed by atoms with Crippen molar-refractivity contribution in [3.63, 3.8) is 0 Å². The van der Waals surface area contributed by atoms with Crippen LogP contribution in [0, 0.1) is 5.92 Å². The van der Waals surface area contributed by atoms with E-state index in [1.165, 1.54) is 77.7 Å². The molecule has 0 saturated carbocycles. The molecule has 0 amide bonds. The lowest BCUT2D eigenvalue weighted by atomic mass is 10.2. The first-order valence-corrected chi connectivity index (χ1v) is 8.63. The number of rotatable bonds is 14. The Hall–Kier alpha value is -0.0800. The molecule has 0 rings (SSSR count). The molecule has 0 aliphatic heterocycles. The SMILES string of the molecule is CCCCN(CCCC)CCCCCNCC(C)C. The fourth-order valence-electron chi connectivity index (χ4n) is 2.25. The van der Waals surface area contributed by atoms with Gasteiger partial charge in [-0.1, -0.05) is 47.0 Å². The van der Waals surface area contributed by atoms with Crippen molar-refractivity contribution < 1.29 is 0 Å². The normalized spacial score (nSPS) is 11.7. The van der Waals surface area contributed by atoms with Gasteiger partial charge in [0.2, 0.25) is 0 Å². The van der Waals surface area contributed by atoms with E-state index in [0.717, 1.165) is 5.92 Å². The fraction of sp³-hybridized carbons (Fsp3) is 1.00. The zero-order valence-electron chi connectivity index (χ0n) is 14.0. The second kappa shape index (κ2) is 14.3. The molecule has 0 saturated heterocycles. The lowest BCUT2D eigenvalue weighted by Gasteiger charge is -2.21. The predicted molar refractivity (Wildman–Crippen MR) is 87.8 cm³/mol. The van der Waals surface area contributed by atoms with Gasteiger partial charge in [-0.05, 0) is 64.3 Å². The summed E-state index contributed by atoms with van der Waals surface area (Å²) in [5.41, 5.74) is 0. The molecule has 0 fully saturated rings. The number of nitrogens with zero attached hydrogens (tertiary/aromatic N) is 1. The molecule has 0 bridgehead atoms. The van der Waals surface area contributed by atoms with Gasteiger partial charge >= 0.3 is 0 Å². The summed E-state index contributed by atoms with van der Waals surface area (Å²) >= 11 is 0. The standard InChI is InChI=1S/C17H38N2/c1-5-7-13-19(14-8-6-2)15-11-9-10-12-18-16-17(3)4/h17-18H,5-16H2,1-4H3. The minimum absolute atomic E-state index is 0.776. The molecule has 0 atom stereocenters. The van der Waals surface area contributed by atoms with E-state index in [-0.39, 0.29) is 0 Å². The number of hydrogen-bond acceptors (Lipinski definition) is 2. The molecular formula is C17H38N2. The van der Waals surface area contributed by atoms with Crippen LogP contribution in [0.1, 0.15) is 72.6 Å². The van der Waals surface area contributed by atoms with Crippen molar-refractivity contribution in [1.82, 2.24) is 10.2 Å². The Labute approximate surface area is 122 Å². The van der Waals surface area contributed by atoms with Gasteiger partial charge in [0.1, 0.15) is 0 Å². The average Bonchev–Trinajstić information content (AvgIpc) is 2.39. The third kappa shape index (κ3) is 14.1. The number of hydrogen-bond donors (Lipinski definition) is 1. The molecule has 2 nitrogen and oxygen atoms in total. The van der Waals surface area contributed by atoms with Crippen molar-refractivity contribution in [2.75, 3.05) is 32.7 Å². The second-order valence-corrected chi connectivity index (χ2v) is 6.21. The highest BCUT2D eigenvalue weighted by Crippen LogP contribution is 2.03. The van der Waals surface area contributed by atoms with Crippen molar-refractivity contribution in [1.29, 1.82) is 0 Å². The maximum absolute atomic E-state index is 3.53. The Kier molecular flexibility index (Phi) is 14.3. The largest absolute Gasteiger partial charge is 0.316 e. The first-order valence-electron chi connectivity index (χ1n) is 8.63. The van der Waals surface area contributed by atoms with E-state index in [0.29, 0.717) is 0 Å². The van der Waals surface area contributed by atoms with E-state index in [1.807, 2.05) is 0 Å². The van der Waals surface area contributed by atoms with Gasteiger partial charge in [0, 0.05) is 0 Å². The van der Waals surface area contributed by atoms with Crippen molar-refractivity contribution in [2.45, 2.75) is 72.6 Å². The van der Waals surface area contributed by atoms with Crippen molar-refractivity contribution in [2.24, 2.45) is 5.92 Å². The maximum Gasteiger partial charge on any atom is -0.00187 e. The summed E-state index contributed by atoms with van der Waals surface area (Å²) in [5.74, 6) is 0.776. The summed E-state index contributed by atoms with van der Waals surface area (Å²) < 4.78 is 0. The van der Waals surface area contributed by atoms with E-state index in [4.69, 9.17) is 0 Å². The Morgan fingerprint density at radius 3 is 1.89 bits per heavy atom. The third-order valence-corrected chi connectivity index (χ3v) is 3.54. The van der Waals surface area contributed by atoms with Crippen molar-refractivity contribution in [3.8, 4) is 0 Å². The molecule has 116 valence electrons. The van der Waals surface area contributed by atoms with Crippen molar-refractivity contribution in [3.05, 3.63) is 0 Å². The smallest absolute Gasteiger partial charge is 0.00187 e. The number of unbranched alkanes of at least 4 members (excludes halogenated alkanes) is 4. The summed E-state index contributed by atoms with van der Waals surface area (Å²) in [4.78, 5) is 2.68. The zero-order chi connectivity index (χ0) is 14.3. The van der Waals surface area contributed by atoms with Gasteiger partial charge in [-0.3, -0.25) is 0 Å². The summed E-state index contributed by atoms with van der Waals surface area (Å²) in [5, 5.41) is 3.53. The van der Waals surface area contributed by atoms with Crippen LogP contribution in [0.2, 0.25) is 0 Å². The highest BCUT2D eigenvalue weighted by atomic mass is 15.1. The van der Waals surface area contributed by atoms with E-state index < -0.39 is 0 Å². The van der Waals surface area contributed by atoms with Gasteiger partial charge < -0.3 is 10.2 Å². The molecule has 0 spiro atoms. The molecule has 0 aromatic rings. The summed E-state index contributed by atoms with van der Waals surface area (Å²) in [6, 6.07) is 0. The van der Waals surface area contributed by atoms with Crippen molar-refractivity contribution >= 4 is 0 Å². The molecule has 0 aliphatic rings. The quantitative estimate of drug-likeness (QED) is 0.473. The molecular weight excluding hydrogens is 232 g/mol. The van der Waals surface area contributed by atoms with Gasteiger partial charge in [0.05, 0.1) is 0 Å². The van der Waals surface area contributed by atoms with Gasteiger partial charge in [-0.15, -0.1) is 0 Å². The van der Waals surface area contributed by atoms with E-state index in [9.17, 15) is 0 Å². The first kappa shape index (κ1) is 18.9. The Balaban J connectivity index is 3.45. The van der Waals surface area contributed by atoms with Gasteiger partial charge in [-0.25, -0.2) is 0 Å². The molecule has 0 radical (unpaired) electrons. The molecule has 1 N–H and O–H groups in total. The number of nitrogens with one attached hydrogen (secondary N) is 1. The topological polar surface area (TPSA) is 15.3 Å². The van der Waals surface area contributed by atoms with Gasteiger partial charge in [0.25, 0.3) is 0 Å². The summed E-state index contributed by atoms with van der Waals surface area (Å²) in [6.07, 6.45) is 9.45. The third-order valence-electron chi connectivity index (χ3n) is 3.54.